The first-order valence-corrected chi connectivity index (χ1v) is 7.91. The van der Waals surface area contributed by atoms with Crippen LogP contribution in [0, 0.1) is 0 Å². The number of hydrogen-bond donors (Lipinski definition) is 0. The van der Waals surface area contributed by atoms with Crippen LogP contribution in [0.3, 0.4) is 0 Å². The van der Waals surface area contributed by atoms with Gasteiger partial charge in [-0.25, -0.2) is 4.68 Å². The van der Waals surface area contributed by atoms with E-state index < -0.39 is 0 Å². The summed E-state index contributed by atoms with van der Waals surface area (Å²) in [6.45, 7) is 3.81. The summed E-state index contributed by atoms with van der Waals surface area (Å²) in [6, 6.07) is 7.49. The van der Waals surface area contributed by atoms with Crippen LogP contribution in [0.25, 0.3) is 0 Å². The number of benzene rings is 1. The van der Waals surface area contributed by atoms with E-state index in [2.05, 4.69) is 36.4 Å². The number of carbonyl (C=O) groups is 1. The highest BCUT2D eigenvalue weighted by atomic mass is 79.9. The number of piperazine rings is 1. The van der Waals surface area contributed by atoms with Gasteiger partial charge in [-0.1, -0.05) is 15.9 Å². The first kappa shape index (κ1) is 15.1. The summed E-state index contributed by atoms with van der Waals surface area (Å²) >= 11 is 3.38. The number of hydrogen-bond acceptors (Lipinski definition) is 5. The summed E-state index contributed by atoms with van der Waals surface area (Å²) < 4.78 is 2.66. The molecule has 116 valence electrons. The number of amides is 1. The highest BCUT2D eigenvalue weighted by Gasteiger charge is 2.23. The van der Waals surface area contributed by atoms with E-state index in [0.29, 0.717) is 6.54 Å². The number of aryl methyl sites for hydroxylation is 1. The Hall–Kier alpha value is -1.80. The summed E-state index contributed by atoms with van der Waals surface area (Å²) in [6.07, 6.45) is 0. The van der Waals surface area contributed by atoms with Crippen molar-refractivity contribution in [2.24, 2.45) is 7.05 Å². The van der Waals surface area contributed by atoms with Crippen LogP contribution in [0.15, 0.2) is 28.7 Å². The number of rotatable bonds is 3. The fourth-order valence-corrected chi connectivity index (χ4v) is 2.73. The third-order valence-corrected chi connectivity index (χ3v) is 4.35. The lowest BCUT2D eigenvalue weighted by atomic mass is 10.2. The van der Waals surface area contributed by atoms with Gasteiger partial charge in [-0.2, -0.15) is 0 Å². The molecule has 0 atom stereocenters. The van der Waals surface area contributed by atoms with Crippen molar-refractivity contribution in [2.75, 3.05) is 26.2 Å². The maximum absolute atomic E-state index is 12.4. The molecule has 0 radical (unpaired) electrons. The molecule has 1 aliphatic heterocycles. The molecule has 2 heterocycles. The summed E-state index contributed by atoms with van der Waals surface area (Å²) in [5.41, 5.74) is 0.731. The predicted octanol–water partition coefficient (Wildman–Crippen LogP) is 0.931. The lowest BCUT2D eigenvalue weighted by Gasteiger charge is -2.34. The van der Waals surface area contributed by atoms with Crippen LogP contribution in [-0.4, -0.2) is 62.1 Å². The Bertz CT molecular complexity index is 648. The van der Waals surface area contributed by atoms with Gasteiger partial charge in [0.2, 0.25) is 0 Å². The molecular weight excluding hydrogens is 348 g/mol. The van der Waals surface area contributed by atoms with Gasteiger partial charge >= 0.3 is 0 Å². The molecule has 8 heteroatoms. The normalized spacial score (nSPS) is 16.0. The smallest absolute Gasteiger partial charge is 0.253 e. The zero-order valence-electron chi connectivity index (χ0n) is 12.3. The van der Waals surface area contributed by atoms with Gasteiger partial charge in [-0.05, 0) is 34.7 Å². The molecule has 3 rings (SSSR count). The zero-order valence-corrected chi connectivity index (χ0v) is 13.9. The Balaban J connectivity index is 1.56. The Morgan fingerprint density at radius 2 is 1.86 bits per heavy atom. The Kier molecular flexibility index (Phi) is 4.49. The molecule has 0 aliphatic carbocycles. The second-order valence-electron chi connectivity index (χ2n) is 5.29. The average molecular weight is 365 g/mol. The predicted molar refractivity (Wildman–Crippen MR) is 84.1 cm³/mol. The molecule has 1 aromatic heterocycles. The van der Waals surface area contributed by atoms with Gasteiger partial charge in [0.15, 0.2) is 5.82 Å². The molecule has 1 fully saturated rings. The van der Waals surface area contributed by atoms with E-state index in [4.69, 9.17) is 0 Å². The standard InChI is InChI=1S/C14H17BrN6O/c1-19-13(16-17-18-19)10-20-6-8-21(9-7-20)14(22)11-2-4-12(15)5-3-11/h2-5H,6-10H2,1H3. The van der Waals surface area contributed by atoms with Crippen LogP contribution in [0.4, 0.5) is 0 Å². The van der Waals surface area contributed by atoms with Crippen molar-refractivity contribution in [2.45, 2.75) is 6.54 Å². The van der Waals surface area contributed by atoms with Crippen molar-refractivity contribution in [3.63, 3.8) is 0 Å². The third kappa shape index (κ3) is 3.33. The van der Waals surface area contributed by atoms with Crippen LogP contribution in [-0.2, 0) is 13.6 Å². The Morgan fingerprint density at radius 1 is 1.18 bits per heavy atom. The Morgan fingerprint density at radius 3 is 2.45 bits per heavy atom. The van der Waals surface area contributed by atoms with Crippen LogP contribution in [0.2, 0.25) is 0 Å². The summed E-state index contributed by atoms with van der Waals surface area (Å²) in [7, 11) is 1.84. The van der Waals surface area contributed by atoms with Crippen LogP contribution < -0.4 is 0 Å². The first-order valence-electron chi connectivity index (χ1n) is 7.12. The topological polar surface area (TPSA) is 67.2 Å². The minimum Gasteiger partial charge on any atom is -0.336 e. The summed E-state index contributed by atoms with van der Waals surface area (Å²) in [4.78, 5) is 16.6. The van der Waals surface area contributed by atoms with Crippen molar-refractivity contribution in [3.05, 3.63) is 40.1 Å². The molecule has 0 saturated carbocycles. The minimum absolute atomic E-state index is 0.0903. The van der Waals surface area contributed by atoms with Gasteiger partial charge in [-0.15, -0.1) is 5.10 Å². The summed E-state index contributed by atoms with van der Waals surface area (Å²) in [5.74, 6) is 0.931. The van der Waals surface area contributed by atoms with Gasteiger partial charge in [-0.3, -0.25) is 9.69 Å². The van der Waals surface area contributed by atoms with E-state index in [-0.39, 0.29) is 5.91 Å². The van der Waals surface area contributed by atoms with Crippen LogP contribution in [0.5, 0.6) is 0 Å². The summed E-state index contributed by atoms with van der Waals surface area (Å²) in [5, 5.41) is 11.5. The maximum Gasteiger partial charge on any atom is 0.253 e. The van der Waals surface area contributed by atoms with E-state index in [1.54, 1.807) is 4.68 Å². The average Bonchev–Trinajstić information content (AvgIpc) is 2.93. The largest absolute Gasteiger partial charge is 0.336 e. The molecule has 1 amide bonds. The fourth-order valence-electron chi connectivity index (χ4n) is 2.47. The molecule has 7 nitrogen and oxygen atoms in total. The molecule has 2 aromatic rings. The van der Waals surface area contributed by atoms with E-state index in [0.717, 1.165) is 42.0 Å². The SMILES string of the molecule is Cn1nnnc1CN1CCN(C(=O)c2ccc(Br)cc2)CC1. The van der Waals surface area contributed by atoms with E-state index in [9.17, 15) is 4.79 Å². The molecule has 22 heavy (non-hydrogen) atoms. The molecular formula is C14H17BrN6O. The van der Waals surface area contributed by atoms with Gasteiger partial charge < -0.3 is 4.90 Å². The lowest BCUT2D eigenvalue weighted by molar-refractivity contribution is 0.0624. The maximum atomic E-state index is 12.4. The highest BCUT2D eigenvalue weighted by Crippen LogP contribution is 2.14. The highest BCUT2D eigenvalue weighted by molar-refractivity contribution is 9.10. The molecule has 0 spiro atoms. The van der Waals surface area contributed by atoms with Gasteiger partial charge in [0.05, 0.1) is 6.54 Å². The number of aromatic nitrogens is 4. The minimum atomic E-state index is 0.0903. The number of carbonyl (C=O) groups excluding carboxylic acids is 1. The second-order valence-corrected chi connectivity index (χ2v) is 6.21. The van der Waals surface area contributed by atoms with Crippen molar-refractivity contribution in [1.82, 2.24) is 30.0 Å². The number of halogens is 1. The molecule has 0 unspecified atom stereocenters. The van der Waals surface area contributed by atoms with Crippen molar-refractivity contribution in [3.8, 4) is 0 Å². The number of nitrogens with zero attached hydrogens (tertiary/aromatic N) is 6. The molecule has 1 saturated heterocycles. The van der Waals surface area contributed by atoms with Crippen molar-refractivity contribution < 1.29 is 4.79 Å². The lowest BCUT2D eigenvalue weighted by Crippen LogP contribution is -2.48. The van der Waals surface area contributed by atoms with Gasteiger partial charge in [0, 0.05) is 43.3 Å². The molecule has 0 bridgehead atoms. The molecule has 0 N–H and O–H groups in total. The molecule has 1 aromatic carbocycles. The Labute approximate surface area is 137 Å². The van der Waals surface area contributed by atoms with Crippen molar-refractivity contribution >= 4 is 21.8 Å². The zero-order chi connectivity index (χ0) is 15.5. The van der Waals surface area contributed by atoms with Crippen LogP contribution >= 0.6 is 15.9 Å². The van der Waals surface area contributed by atoms with Crippen molar-refractivity contribution in [1.29, 1.82) is 0 Å². The molecule has 1 aliphatic rings. The third-order valence-electron chi connectivity index (χ3n) is 3.82. The fraction of sp³-hybridized carbons (Fsp3) is 0.429. The van der Waals surface area contributed by atoms with Gasteiger partial charge in [0.1, 0.15) is 0 Å². The van der Waals surface area contributed by atoms with E-state index in [1.165, 1.54) is 0 Å². The monoisotopic (exact) mass is 364 g/mol. The second kappa shape index (κ2) is 6.53. The van der Waals surface area contributed by atoms with Crippen LogP contribution in [0.1, 0.15) is 16.2 Å². The van der Waals surface area contributed by atoms with E-state index in [1.807, 2.05) is 36.2 Å². The quantitative estimate of drug-likeness (QED) is 0.810. The number of tetrazole rings is 1. The van der Waals surface area contributed by atoms with E-state index >= 15 is 0 Å². The first-order chi connectivity index (χ1) is 10.6. The van der Waals surface area contributed by atoms with Gasteiger partial charge in [0.25, 0.3) is 5.91 Å².